The molecule has 7 atom stereocenters. The molecule has 3 nitrogen and oxygen atoms in total. The van der Waals surface area contributed by atoms with Gasteiger partial charge in [-0.05, 0) is 81.0 Å². The molecule has 0 unspecified atom stereocenters. The van der Waals surface area contributed by atoms with Gasteiger partial charge in [-0.1, -0.05) is 52.8 Å². The average molecular weight is 433 g/mol. The minimum Gasteiger partial charge on any atom is -0.408 e. The van der Waals surface area contributed by atoms with Crippen molar-refractivity contribution in [2.75, 3.05) is 0 Å². The van der Waals surface area contributed by atoms with Gasteiger partial charge in [0.25, 0.3) is 0 Å². The molecule has 3 aliphatic heterocycles. The SMILES string of the molecule is C=C1[C@]23O[C@H]2[C@@H](O[Si](CC)(CC)CC)[C@]2(C)CC/C=C(\C)CC[C@@]1(C)[C@H](C)C[C@H]3O2. The van der Waals surface area contributed by atoms with Crippen LogP contribution in [0.1, 0.15) is 80.6 Å². The smallest absolute Gasteiger partial charge is 0.192 e. The first-order valence-electron chi connectivity index (χ1n) is 12.5. The van der Waals surface area contributed by atoms with Gasteiger partial charge >= 0.3 is 0 Å². The number of rotatable bonds is 5. The predicted molar refractivity (Wildman–Crippen MR) is 126 cm³/mol. The summed E-state index contributed by atoms with van der Waals surface area (Å²) in [6.45, 7) is 21.1. The zero-order valence-electron chi connectivity index (χ0n) is 20.5. The third-order valence-corrected chi connectivity index (χ3v) is 14.4. The zero-order valence-corrected chi connectivity index (χ0v) is 21.5. The van der Waals surface area contributed by atoms with Crippen molar-refractivity contribution in [3.63, 3.8) is 0 Å². The normalized spacial score (nSPS) is 47.8. The Hall–Kier alpha value is -0.423. The lowest BCUT2D eigenvalue weighted by Crippen LogP contribution is -2.64. The van der Waals surface area contributed by atoms with Crippen molar-refractivity contribution in [3.8, 4) is 0 Å². The number of hydrogen-bond acceptors (Lipinski definition) is 3. The van der Waals surface area contributed by atoms with Gasteiger partial charge in [0, 0.05) is 0 Å². The monoisotopic (exact) mass is 432 g/mol. The van der Waals surface area contributed by atoms with Gasteiger partial charge in [-0.15, -0.1) is 0 Å². The van der Waals surface area contributed by atoms with Crippen molar-refractivity contribution >= 4 is 8.32 Å². The third kappa shape index (κ3) is 3.15. The van der Waals surface area contributed by atoms with Crippen LogP contribution in [-0.2, 0) is 13.9 Å². The van der Waals surface area contributed by atoms with Crippen LogP contribution >= 0.6 is 0 Å². The first-order chi connectivity index (χ1) is 14.1. The molecule has 0 radical (unpaired) electrons. The molecule has 0 aromatic rings. The van der Waals surface area contributed by atoms with E-state index in [0.29, 0.717) is 5.92 Å². The molecule has 0 aromatic heterocycles. The molecule has 0 aromatic carbocycles. The van der Waals surface area contributed by atoms with E-state index < -0.39 is 8.32 Å². The van der Waals surface area contributed by atoms with Crippen molar-refractivity contribution in [1.82, 2.24) is 0 Å². The van der Waals surface area contributed by atoms with E-state index in [2.05, 4.69) is 54.5 Å². The summed E-state index contributed by atoms with van der Waals surface area (Å²) >= 11 is 0. The molecule has 5 rings (SSSR count). The molecule has 0 N–H and O–H groups in total. The van der Waals surface area contributed by atoms with Gasteiger partial charge < -0.3 is 13.9 Å². The van der Waals surface area contributed by atoms with E-state index in [1.54, 1.807) is 0 Å². The summed E-state index contributed by atoms with van der Waals surface area (Å²) in [7, 11) is -1.79. The second kappa shape index (κ2) is 7.57. The van der Waals surface area contributed by atoms with Crippen molar-refractivity contribution in [2.45, 2.75) is 128 Å². The fraction of sp³-hybridized carbons (Fsp3) is 0.846. The van der Waals surface area contributed by atoms with Crippen molar-refractivity contribution in [1.29, 1.82) is 0 Å². The van der Waals surface area contributed by atoms with Gasteiger partial charge in [0.15, 0.2) is 8.32 Å². The van der Waals surface area contributed by atoms with E-state index in [0.717, 1.165) is 50.2 Å². The van der Waals surface area contributed by atoms with Crippen molar-refractivity contribution < 1.29 is 13.9 Å². The van der Waals surface area contributed by atoms with Crippen molar-refractivity contribution in [2.24, 2.45) is 11.3 Å². The maximum Gasteiger partial charge on any atom is 0.192 e. The molecular formula is C26H44O3Si. The second-order valence-electron chi connectivity index (χ2n) is 11.2. The average Bonchev–Trinajstić information content (AvgIpc) is 3.47. The van der Waals surface area contributed by atoms with E-state index >= 15 is 0 Å². The summed E-state index contributed by atoms with van der Waals surface area (Å²) in [5.74, 6) is 0.551. The quantitative estimate of drug-likeness (QED) is 0.272. The fourth-order valence-corrected chi connectivity index (χ4v) is 9.64. The summed E-state index contributed by atoms with van der Waals surface area (Å²) in [5.41, 5.74) is 2.26. The Labute approximate surface area is 185 Å². The molecule has 0 amide bonds. The third-order valence-electron chi connectivity index (χ3n) is 9.75. The van der Waals surface area contributed by atoms with Crippen LogP contribution in [0.15, 0.2) is 23.8 Å². The van der Waals surface area contributed by atoms with Gasteiger partial charge in [-0.2, -0.15) is 0 Å². The highest BCUT2D eigenvalue weighted by Gasteiger charge is 2.77. The lowest BCUT2D eigenvalue weighted by Gasteiger charge is -2.55. The minimum atomic E-state index is -1.79. The van der Waals surface area contributed by atoms with E-state index in [1.807, 2.05) is 0 Å². The number of allylic oxidation sites excluding steroid dienone is 2. The van der Waals surface area contributed by atoms with Gasteiger partial charge in [0.2, 0.25) is 0 Å². The molecule has 4 bridgehead atoms. The molecule has 3 fully saturated rings. The molecule has 5 aliphatic rings. The van der Waals surface area contributed by atoms with Crippen LogP contribution in [-0.4, -0.2) is 37.8 Å². The molecule has 4 heteroatoms. The summed E-state index contributed by atoms with van der Waals surface area (Å²) < 4.78 is 20.9. The molecule has 30 heavy (non-hydrogen) atoms. The number of epoxide rings is 1. The lowest BCUT2D eigenvalue weighted by molar-refractivity contribution is -0.190. The van der Waals surface area contributed by atoms with Crippen LogP contribution < -0.4 is 0 Å². The predicted octanol–water partition coefficient (Wildman–Crippen LogP) is 6.79. The van der Waals surface area contributed by atoms with Crippen LogP contribution in [0.3, 0.4) is 0 Å². The van der Waals surface area contributed by atoms with Gasteiger partial charge in [0.05, 0.1) is 11.7 Å². The van der Waals surface area contributed by atoms with Crippen LogP contribution in [0.2, 0.25) is 18.1 Å². The highest BCUT2D eigenvalue weighted by molar-refractivity contribution is 6.73. The summed E-state index contributed by atoms with van der Waals surface area (Å²) in [4.78, 5) is 0. The van der Waals surface area contributed by atoms with E-state index in [1.165, 1.54) is 11.1 Å². The molecule has 3 heterocycles. The minimum absolute atomic E-state index is 0.0165. The van der Waals surface area contributed by atoms with Gasteiger partial charge in [-0.25, -0.2) is 0 Å². The molecular weight excluding hydrogens is 388 g/mol. The molecule has 170 valence electrons. The Morgan fingerprint density at radius 1 is 1.13 bits per heavy atom. The number of ether oxygens (including phenoxy) is 2. The van der Waals surface area contributed by atoms with Gasteiger partial charge in [-0.3, -0.25) is 0 Å². The molecule has 1 spiro atoms. The first-order valence-corrected chi connectivity index (χ1v) is 15.0. The molecule has 2 aliphatic carbocycles. The highest BCUT2D eigenvalue weighted by Crippen LogP contribution is 2.66. The first kappa shape index (κ1) is 22.8. The van der Waals surface area contributed by atoms with Crippen molar-refractivity contribution in [3.05, 3.63) is 23.8 Å². The van der Waals surface area contributed by atoms with Gasteiger partial charge in [0.1, 0.15) is 17.8 Å². The van der Waals surface area contributed by atoms with Crippen LogP contribution in [0.5, 0.6) is 0 Å². The van der Waals surface area contributed by atoms with Crippen LogP contribution in [0.25, 0.3) is 0 Å². The lowest BCUT2D eigenvalue weighted by atomic mass is 9.56. The van der Waals surface area contributed by atoms with E-state index in [4.69, 9.17) is 20.5 Å². The standard InChI is InChI=1S/C26H44O3Si/c1-9-30(10-2,11-3)29-22-23-26(28-23)20(6)24(7)16-14-18(4)13-12-15-25(22,8)27-21(26)17-19(24)5/h13,19,21-23H,6,9-12,14-17H2,1-5,7-8H3/b18-13+/t19-,21-,22-,23+,24+,25+,26-/m1/s1. The van der Waals surface area contributed by atoms with E-state index in [-0.39, 0.29) is 34.9 Å². The zero-order chi connectivity index (χ0) is 21.9. The Morgan fingerprint density at radius 2 is 1.80 bits per heavy atom. The highest BCUT2D eigenvalue weighted by atomic mass is 28.4. The maximum atomic E-state index is 7.19. The Morgan fingerprint density at radius 3 is 2.43 bits per heavy atom. The van der Waals surface area contributed by atoms with Crippen LogP contribution in [0, 0.1) is 11.3 Å². The summed E-state index contributed by atoms with van der Waals surface area (Å²) in [6, 6.07) is 3.47. The Bertz CT molecular complexity index is 720. The van der Waals surface area contributed by atoms with E-state index in [9.17, 15) is 0 Å². The molecule has 2 saturated heterocycles. The Balaban J connectivity index is 1.78. The number of fused-ring (bicyclic) bond motifs is 5. The number of hydrogen-bond donors (Lipinski definition) is 0. The van der Waals surface area contributed by atoms with Crippen LogP contribution in [0.4, 0.5) is 0 Å². The molecule has 1 saturated carbocycles. The largest absolute Gasteiger partial charge is 0.408 e. The summed E-state index contributed by atoms with van der Waals surface area (Å²) in [5, 5.41) is 0. The summed E-state index contributed by atoms with van der Waals surface area (Å²) in [6.07, 6.45) is 8.12. The fourth-order valence-electron chi connectivity index (χ4n) is 6.73. The maximum absolute atomic E-state index is 7.19. The second-order valence-corrected chi connectivity index (χ2v) is 15.9. The topological polar surface area (TPSA) is 31.0 Å². The Kier molecular flexibility index (Phi) is 5.74.